The van der Waals surface area contributed by atoms with E-state index in [0.717, 1.165) is 5.56 Å². The monoisotopic (exact) mass is 237 g/mol. The Morgan fingerprint density at radius 2 is 1.39 bits per heavy atom. The molecule has 0 unspecified atom stereocenters. The number of nitrogens with zero attached hydrogens (tertiary/aromatic N) is 5. The summed E-state index contributed by atoms with van der Waals surface area (Å²) in [6, 6.07) is 15.6. The summed E-state index contributed by atoms with van der Waals surface area (Å²) >= 11 is 0. The lowest BCUT2D eigenvalue weighted by molar-refractivity contribution is 0.825. The maximum absolute atomic E-state index is 3.94. The maximum Gasteiger partial charge on any atom is 0.185 e. The first-order valence-electron chi connectivity index (χ1n) is 5.37. The summed E-state index contributed by atoms with van der Waals surface area (Å²) in [5, 5.41) is 10.7. The molecule has 5 nitrogen and oxygen atoms in total. The van der Waals surface area contributed by atoms with Crippen LogP contribution in [0.1, 0.15) is 0 Å². The Morgan fingerprint density at radius 3 is 1.89 bits per heavy atom. The molecule has 0 saturated carbocycles. The minimum absolute atomic E-state index is 0.562. The van der Waals surface area contributed by atoms with Crippen LogP contribution in [-0.4, -0.2) is 25.4 Å². The van der Waals surface area contributed by atoms with Crippen LogP contribution in [0.5, 0.6) is 0 Å². The highest BCUT2D eigenvalue weighted by atomic mass is 15.3. The van der Waals surface area contributed by atoms with Crippen molar-refractivity contribution < 1.29 is 0 Å². The number of rotatable bonds is 1. The lowest BCUT2D eigenvalue weighted by Crippen LogP contribution is -1.93. The van der Waals surface area contributed by atoms with Gasteiger partial charge in [-0.15, -0.1) is 10.2 Å². The molecule has 1 aromatic carbocycles. The molecule has 0 aliphatic heterocycles. The Morgan fingerprint density at radius 1 is 0.778 bits per heavy atom. The van der Waals surface area contributed by atoms with Crippen molar-refractivity contribution in [2.75, 3.05) is 0 Å². The zero-order valence-electron chi connectivity index (χ0n) is 9.59. The third-order valence-electron chi connectivity index (χ3n) is 2.03. The molecular formula is C13H11N5. The third kappa shape index (κ3) is 3.71. The Labute approximate surface area is 105 Å². The molecule has 5 heteroatoms. The molecule has 2 aromatic heterocycles. The average Bonchev–Trinajstić information content (AvgIpc) is 2.51. The lowest BCUT2D eigenvalue weighted by atomic mass is 10.2. The number of pyridine rings is 1. The predicted octanol–water partition coefficient (Wildman–Crippen LogP) is 2.02. The van der Waals surface area contributed by atoms with Crippen LogP contribution in [0.15, 0.2) is 67.3 Å². The SMILES string of the molecule is c1cc(-c2ncnnn2)ccn1.c1ccccc1. The number of aromatic nitrogens is 5. The van der Waals surface area contributed by atoms with E-state index in [-0.39, 0.29) is 0 Å². The van der Waals surface area contributed by atoms with E-state index in [9.17, 15) is 0 Å². The van der Waals surface area contributed by atoms with Gasteiger partial charge in [0.25, 0.3) is 0 Å². The molecule has 0 amide bonds. The van der Waals surface area contributed by atoms with Gasteiger partial charge in [-0.05, 0) is 17.3 Å². The van der Waals surface area contributed by atoms with Crippen LogP contribution in [0.4, 0.5) is 0 Å². The van der Waals surface area contributed by atoms with Gasteiger partial charge in [0.1, 0.15) is 6.33 Å². The van der Waals surface area contributed by atoms with Gasteiger partial charge in [-0.1, -0.05) is 36.4 Å². The molecule has 0 bridgehead atoms. The highest BCUT2D eigenvalue weighted by Gasteiger charge is 1.97. The molecule has 3 aromatic rings. The molecule has 18 heavy (non-hydrogen) atoms. The molecule has 88 valence electrons. The Kier molecular flexibility index (Phi) is 4.45. The van der Waals surface area contributed by atoms with E-state index >= 15 is 0 Å². The summed E-state index contributed by atoms with van der Waals surface area (Å²) in [4.78, 5) is 7.82. The van der Waals surface area contributed by atoms with Gasteiger partial charge in [0, 0.05) is 18.0 Å². The summed E-state index contributed by atoms with van der Waals surface area (Å²) in [7, 11) is 0. The maximum atomic E-state index is 3.94. The minimum Gasteiger partial charge on any atom is -0.265 e. The Balaban J connectivity index is 0.000000169. The molecule has 0 spiro atoms. The molecular weight excluding hydrogens is 226 g/mol. The standard InChI is InChI=1S/C7H5N5.C6H6/c1-3-8-4-2-6(1)7-9-5-10-12-11-7;1-2-4-6-5-3-1/h1-5H;1-6H. The van der Waals surface area contributed by atoms with Gasteiger partial charge in [0.05, 0.1) is 0 Å². The topological polar surface area (TPSA) is 64.5 Å². The van der Waals surface area contributed by atoms with Crippen molar-refractivity contribution in [2.45, 2.75) is 0 Å². The number of hydrogen-bond acceptors (Lipinski definition) is 5. The van der Waals surface area contributed by atoms with Gasteiger partial charge in [-0.3, -0.25) is 4.98 Å². The Hall–Kier alpha value is -2.69. The molecule has 3 rings (SSSR count). The average molecular weight is 237 g/mol. The van der Waals surface area contributed by atoms with E-state index in [2.05, 4.69) is 25.4 Å². The summed E-state index contributed by atoms with van der Waals surface area (Å²) in [6.45, 7) is 0. The van der Waals surface area contributed by atoms with Crippen LogP contribution >= 0.6 is 0 Å². The second kappa shape index (κ2) is 6.80. The van der Waals surface area contributed by atoms with Crippen molar-refractivity contribution in [3.8, 4) is 11.4 Å². The molecule has 2 heterocycles. The van der Waals surface area contributed by atoms with Crippen LogP contribution < -0.4 is 0 Å². The largest absolute Gasteiger partial charge is 0.265 e. The summed E-state index contributed by atoms with van der Waals surface area (Å²) in [5.41, 5.74) is 0.889. The van der Waals surface area contributed by atoms with Crippen molar-refractivity contribution in [3.63, 3.8) is 0 Å². The highest BCUT2D eigenvalue weighted by molar-refractivity contribution is 5.52. The summed E-state index contributed by atoms with van der Waals surface area (Å²) < 4.78 is 0. The second-order valence-electron chi connectivity index (χ2n) is 3.26. The van der Waals surface area contributed by atoms with E-state index in [4.69, 9.17) is 0 Å². The predicted molar refractivity (Wildman–Crippen MR) is 67.3 cm³/mol. The number of benzene rings is 1. The van der Waals surface area contributed by atoms with Gasteiger partial charge < -0.3 is 0 Å². The Bertz CT molecular complexity index is 478. The molecule has 0 aliphatic carbocycles. The first-order chi connectivity index (χ1) is 8.97. The van der Waals surface area contributed by atoms with Gasteiger partial charge in [-0.2, -0.15) is 0 Å². The summed E-state index contributed by atoms with van der Waals surface area (Å²) in [6.07, 6.45) is 4.72. The number of hydrogen-bond donors (Lipinski definition) is 0. The second-order valence-corrected chi connectivity index (χ2v) is 3.26. The lowest BCUT2D eigenvalue weighted by Gasteiger charge is -1.93. The molecule has 0 atom stereocenters. The van der Waals surface area contributed by atoms with Crippen LogP contribution in [0, 0.1) is 0 Å². The molecule has 0 aliphatic rings. The van der Waals surface area contributed by atoms with Crippen LogP contribution in [-0.2, 0) is 0 Å². The summed E-state index contributed by atoms with van der Waals surface area (Å²) in [5.74, 6) is 0.562. The van der Waals surface area contributed by atoms with E-state index < -0.39 is 0 Å². The first kappa shape index (κ1) is 11.8. The van der Waals surface area contributed by atoms with Crippen molar-refractivity contribution in [3.05, 3.63) is 67.3 Å². The van der Waals surface area contributed by atoms with E-state index in [0.29, 0.717) is 5.82 Å². The molecule has 0 saturated heterocycles. The van der Waals surface area contributed by atoms with Gasteiger partial charge in [0.15, 0.2) is 5.82 Å². The fourth-order valence-electron chi connectivity index (χ4n) is 1.22. The van der Waals surface area contributed by atoms with Gasteiger partial charge >= 0.3 is 0 Å². The van der Waals surface area contributed by atoms with E-state index in [1.54, 1.807) is 12.4 Å². The fraction of sp³-hybridized carbons (Fsp3) is 0. The normalized spacial score (nSPS) is 9.11. The minimum atomic E-state index is 0.562. The van der Waals surface area contributed by atoms with Crippen molar-refractivity contribution >= 4 is 0 Å². The molecule has 0 N–H and O–H groups in total. The van der Waals surface area contributed by atoms with Crippen molar-refractivity contribution in [2.24, 2.45) is 0 Å². The van der Waals surface area contributed by atoms with Gasteiger partial charge in [-0.25, -0.2) is 4.98 Å². The van der Waals surface area contributed by atoms with Crippen LogP contribution in [0.2, 0.25) is 0 Å². The molecule has 0 fully saturated rings. The van der Waals surface area contributed by atoms with E-state index in [1.807, 2.05) is 48.5 Å². The smallest absolute Gasteiger partial charge is 0.185 e. The first-order valence-corrected chi connectivity index (χ1v) is 5.37. The zero-order valence-corrected chi connectivity index (χ0v) is 9.59. The fourth-order valence-corrected chi connectivity index (χ4v) is 1.22. The van der Waals surface area contributed by atoms with Crippen molar-refractivity contribution in [1.82, 2.24) is 25.4 Å². The van der Waals surface area contributed by atoms with Gasteiger partial charge in [0.2, 0.25) is 0 Å². The van der Waals surface area contributed by atoms with Crippen molar-refractivity contribution in [1.29, 1.82) is 0 Å². The quantitative estimate of drug-likeness (QED) is 0.647. The van der Waals surface area contributed by atoms with E-state index in [1.165, 1.54) is 6.33 Å². The van der Waals surface area contributed by atoms with Crippen LogP contribution in [0.3, 0.4) is 0 Å². The molecule has 0 radical (unpaired) electrons. The highest BCUT2D eigenvalue weighted by Crippen LogP contribution is 2.09. The van der Waals surface area contributed by atoms with Crippen LogP contribution in [0.25, 0.3) is 11.4 Å². The third-order valence-corrected chi connectivity index (χ3v) is 2.03. The zero-order chi connectivity index (χ0) is 12.5.